The van der Waals surface area contributed by atoms with Crippen LogP contribution in [0.3, 0.4) is 0 Å². The summed E-state index contributed by atoms with van der Waals surface area (Å²) in [7, 11) is 0. The van der Waals surface area contributed by atoms with Gasteiger partial charge >= 0.3 is 6.18 Å². The highest BCUT2D eigenvalue weighted by Gasteiger charge is 2.32. The van der Waals surface area contributed by atoms with E-state index < -0.39 is 23.7 Å². The van der Waals surface area contributed by atoms with Crippen molar-refractivity contribution in [3.63, 3.8) is 0 Å². The van der Waals surface area contributed by atoms with Gasteiger partial charge in [-0.05, 0) is 24.5 Å². The van der Waals surface area contributed by atoms with E-state index in [4.69, 9.17) is 0 Å². The van der Waals surface area contributed by atoms with E-state index in [1.807, 2.05) is 0 Å². The second-order valence-corrected chi connectivity index (χ2v) is 6.59. The molecule has 20 heavy (non-hydrogen) atoms. The maximum absolute atomic E-state index is 13.7. The molecule has 0 saturated heterocycles. The summed E-state index contributed by atoms with van der Waals surface area (Å²) < 4.78 is 51.0. The number of benzene rings is 1. The van der Waals surface area contributed by atoms with Gasteiger partial charge in [-0.2, -0.15) is 13.2 Å². The van der Waals surface area contributed by atoms with Crippen molar-refractivity contribution in [1.82, 2.24) is 0 Å². The highest BCUT2D eigenvalue weighted by Crippen LogP contribution is 2.34. The molecule has 0 aliphatic rings. The summed E-state index contributed by atoms with van der Waals surface area (Å²) in [4.78, 5) is 0.102. The lowest BCUT2D eigenvalue weighted by molar-refractivity contribution is -0.137. The van der Waals surface area contributed by atoms with E-state index in [0.29, 0.717) is 17.8 Å². The van der Waals surface area contributed by atoms with Crippen LogP contribution in [0.1, 0.15) is 30.6 Å². The summed E-state index contributed by atoms with van der Waals surface area (Å²) in [6, 6.07) is 2.20. The van der Waals surface area contributed by atoms with Crippen molar-refractivity contribution < 1.29 is 22.7 Å². The van der Waals surface area contributed by atoms with E-state index in [9.17, 15) is 22.7 Å². The Kier molecular flexibility index (Phi) is 6.47. The van der Waals surface area contributed by atoms with Gasteiger partial charge in [-0.15, -0.1) is 0 Å². The quantitative estimate of drug-likeness (QED) is 0.520. The molecule has 3 unspecified atom stereocenters. The number of halogens is 6. The van der Waals surface area contributed by atoms with Gasteiger partial charge in [0.2, 0.25) is 0 Å². The lowest BCUT2D eigenvalue weighted by Gasteiger charge is -2.22. The van der Waals surface area contributed by atoms with Crippen molar-refractivity contribution in [1.29, 1.82) is 0 Å². The predicted octanol–water partition coefficient (Wildman–Crippen LogP) is 5.06. The molecule has 0 bridgehead atoms. The molecule has 1 nitrogen and oxygen atoms in total. The van der Waals surface area contributed by atoms with E-state index in [2.05, 4.69) is 31.9 Å². The van der Waals surface area contributed by atoms with Crippen LogP contribution < -0.4 is 0 Å². The van der Waals surface area contributed by atoms with Gasteiger partial charge in [-0.1, -0.05) is 44.8 Å². The normalized spacial score (nSPS) is 16.8. The minimum absolute atomic E-state index is 0.102. The first kappa shape index (κ1) is 17.9. The Labute approximate surface area is 131 Å². The van der Waals surface area contributed by atoms with E-state index in [-0.39, 0.29) is 16.3 Å². The van der Waals surface area contributed by atoms with Crippen molar-refractivity contribution >= 4 is 31.9 Å². The third-order valence-corrected chi connectivity index (χ3v) is 5.33. The molecule has 0 spiro atoms. The van der Waals surface area contributed by atoms with Crippen LogP contribution in [0.4, 0.5) is 17.6 Å². The SMILES string of the molecule is CC(CC(Br)CBr)C(O)c1ccc(C(F)(F)F)cc1F. The highest BCUT2D eigenvalue weighted by molar-refractivity contribution is 9.12. The summed E-state index contributed by atoms with van der Waals surface area (Å²) in [5.41, 5.74) is -1.17. The molecule has 0 aliphatic heterocycles. The van der Waals surface area contributed by atoms with Crippen LogP contribution in [-0.2, 0) is 6.18 Å². The number of hydrogen-bond acceptors (Lipinski definition) is 1. The second kappa shape index (κ2) is 7.22. The van der Waals surface area contributed by atoms with Crippen molar-refractivity contribution in [3.05, 3.63) is 35.1 Å². The van der Waals surface area contributed by atoms with Gasteiger partial charge in [-0.3, -0.25) is 0 Å². The molecule has 0 saturated carbocycles. The molecule has 0 aliphatic carbocycles. The van der Waals surface area contributed by atoms with Crippen LogP contribution in [0.25, 0.3) is 0 Å². The third-order valence-electron chi connectivity index (χ3n) is 2.98. The van der Waals surface area contributed by atoms with Crippen LogP contribution in [0.15, 0.2) is 18.2 Å². The molecular weight excluding hydrogens is 408 g/mol. The average Bonchev–Trinajstić information content (AvgIpc) is 2.36. The highest BCUT2D eigenvalue weighted by atomic mass is 79.9. The van der Waals surface area contributed by atoms with Gasteiger partial charge in [0.15, 0.2) is 0 Å². The molecule has 1 N–H and O–H groups in total. The van der Waals surface area contributed by atoms with Crippen molar-refractivity contribution in [3.8, 4) is 0 Å². The van der Waals surface area contributed by atoms with E-state index >= 15 is 0 Å². The van der Waals surface area contributed by atoms with Gasteiger partial charge in [0.05, 0.1) is 11.7 Å². The van der Waals surface area contributed by atoms with Crippen molar-refractivity contribution in [2.75, 3.05) is 5.33 Å². The third kappa shape index (κ3) is 4.70. The minimum atomic E-state index is -4.59. The number of aliphatic hydroxyl groups excluding tert-OH is 1. The molecule has 1 rings (SSSR count). The first-order valence-corrected chi connectivity index (χ1v) is 7.95. The van der Waals surface area contributed by atoms with Gasteiger partial charge in [0.1, 0.15) is 5.82 Å². The summed E-state index contributed by atoms with van der Waals surface area (Å²) in [5.74, 6) is -1.33. The first-order valence-electron chi connectivity index (χ1n) is 5.91. The predicted molar refractivity (Wildman–Crippen MR) is 76.7 cm³/mol. The van der Waals surface area contributed by atoms with Gasteiger partial charge < -0.3 is 5.11 Å². The molecule has 3 atom stereocenters. The van der Waals surface area contributed by atoms with Gasteiger partial charge in [-0.25, -0.2) is 4.39 Å². The topological polar surface area (TPSA) is 20.2 Å². The zero-order chi connectivity index (χ0) is 15.5. The molecule has 1 aromatic carbocycles. The van der Waals surface area contributed by atoms with Crippen LogP contribution in [-0.4, -0.2) is 15.3 Å². The molecule has 0 amide bonds. The molecule has 1 aromatic rings. The van der Waals surface area contributed by atoms with Gasteiger partial charge in [0.25, 0.3) is 0 Å². The first-order chi connectivity index (χ1) is 9.16. The Bertz CT molecular complexity index is 450. The van der Waals surface area contributed by atoms with Crippen LogP contribution in [0.2, 0.25) is 0 Å². The molecule has 0 heterocycles. The molecule has 0 radical (unpaired) electrons. The van der Waals surface area contributed by atoms with E-state index in [1.54, 1.807) is 6.92 Å². The minimum Gasteiger partial charge on any atom is -0.388 e. The van der Waals surface area contributed by atoms with Crippen LogP contribution in [0.5, 0.6) is 0 Å². The number of rotatable bonds is 5. The number of alkyl halides is 5. The number of hydrogen-bond donors (Lipinski definition) is 1. The fourth-order valence-corrected chi connectivity index (χ4v) is 2.70. The molecular formula is C13H14Br2F4O. The fourth-order valence-electron chi connectivity index (χ4n) is 1.85. The lowest BCUT2D eigenvalue weighted by atomic mass is 9.92. The Morgan fingerprint density at radius 2 is 1.90 bits per heavy atom. The maximum atomic E-state index is 13.7. The molecule has 7 heteroatoms. The lowest BCUT2D eigenvalue weighted by Crippen LogP contribution is -2.16. The Morgan fingerprint density at radius 1 is 1.30 bits per heavy atom. The fraction of sp³-hybridized carbons (Fsp3) is 0.538. The standard InChI is InChI=1S/C13H14Br2F4O/c1-7(4-9(15)6-14)12(20)10-3-2-8(5-11(10)16)13(17,18)19/h2-3,5,7,9,12,20H,4,6H2,1H3. The zero-order valence-electron chi connectivity index (χ0n) is 10.6. The average molecular weight is 422 g/mol. The Balaban J connectivity index is 2.91. The Hall–Kier alpha value is -0.140. The largest absolute Gasteiger partial charge is 0.416 e. The summed E-state index contributed by atoms with van der Waals surface area (Å²) in [6.07, 6.45) is -5.17. The van der Waals surface area contributed by atoms with E-state index in [0.717, 1.165) is 12.1 Å². The van der Waals surface area contributed by atoms with E-state index in [1.165, 1.54) is 0 Å². The molecule has 0 fully saturated rings. The summed E-state index contributed by atoms with van der Waals surface area (Å²) in [5, 5.41) is 10.7. The Morgan fingerprint density at radius 3 is 2.35 bits per heavy atom. The van der Waals surface area contributed by atoms with Crippen molar-refractivity contribution in [2.24, 2.45) is 5.92 Å². The number of aliphatic hydroxyl groups is 1. The maximum Gasteiger partial charge on any atom is 0.416 e. The molecule has 0 aromatic heterocycles. The second-order valence-electron chi connectivity index (χ2n) is 4.64. The summed E-state index contributed by atoms with van der Waals surface area (Å²) >= 11 is 6.64. The van der Waals surface area contributed by atoms with Crippen molar-refractivity contribution in [2.45, 2.75) is 30.5 Å². The van der Waals surface area contributed by atoms with Crippen LogP contribution in [0, 0.1) is 11.7 Å². The van der Waals surface area contributed by atoms with Gasteiger partial charge in [0, 0.05) is 15.7 Å². The molecule has 114 valence electrons. The summed E-state index contributed by atoms with van der Waals surface area (Å²) in [6.45, 7) is 1.72. The van der Waals surface area contributed by atoms with Crippen LogP contribution >= 0.6 is 31.9 Å². The monoisotopic (exact) mass is 420 g/mol. The zero-order valence-corrected chi connectivity index (χ0v) is 13.8. The smallest absolute Gasteiger partial charge is 0.388 e.